The molecule has 3 rings (SSSR count). The number of hydrogen-bond acceptors (Lipinski definition) is 5. The van der Waals surface area contributed by atoms with E-state index in [1.165, 1.54) is 4.90 Å². The van der Waals surface area contributed by atoms with Gasteiger partial charge < -0.3 is 15.0 Å². The summed E-state index contributed by atoms with van der Waals surface area (Å²) in [7, 11) is -2.54. The van der Waals surface area contributed by atoms with Gasteiger partial charge in [-0.15, -0.1) is 0 Å². The number of rotatable bonds is 12. The summed E-state index contributed by atoms with van der Waals surface area (Å²) in [6.45, 7) is 9.35. The van der Waals surface area contributed by atoms with Crippen molar-refractivity contribution < 1.29 is 22.7 Å². The molecule has 0 saturated heterocycles. The molecule has 0 spiro atoms. The molecule has 0 aromatic heterocycles. The largest absolute Gasteiger partial charge is 0.497 e. The van der Waals surface area contributed by atoms with E-state index in [0.29, 0.717) is 24.4 Å². The number of ether oxygens (including phenoxy) is 1. The lowest BCUT2D eigenvalue weighted by Crippen LogP contribution is -2.52. The lowest BCUT2D eigenvalue weighted by molar-refractivity contribution is -0.140. The molecule has 9 heteroatoms. The van der Waals surface area contributed by atoms with Gasteiger partial charge in [0.25, 0.3) is 10.0 Å². The lowest BCUT2D eigenvalue weighted by Gasteiger charge is -2.33. The summed E-state index contributed by atoms with van der Waals surface area (Å²) in [5, 5.41) is 2.81. The van der Waals surface area contributed by atoms with Crippen molar-refractivity contribution in [1.29, 1.82) is 0 Å². The first-order valence-electron chi connectivity index (χ1n) is 13.4. The van der Waals surface area contributed by atoms with Gasteiger partial charge in [-0.2, -0.15) is 0 Å². The van der Waals surface area contributed by atoms with Crippen LogP contribution >= 0.6 is 0 Å². The number of carbonyl (C=O) groups is 2. The van der Waals surface area contributed by atoms with Gasteiger partial charge in [0.05, 0.1) is 17.7 Å². The number of anilines is 1. The Morgan fingerprint density at radius 1 is 0.900 bits per heavy atom. The smallest absolute Gasteiger partial charge is 0.264 e. The molecular formula is C31H39N3O5S. The molecule has 2 amide bonds. The Kier molecular flexibility index (Phi) is 10.3. The van der Waals surface area contributed by atoms with Crippen molar-refractivity contribution in [2.75, 3.05) is 24.5 Å². The number of aryl methyl sites for hydroxylation is 3. The fourth-order valence-electron chi connectivity index (χ4n) is 4.58. The van der Waals surface area contributed by atoms with E-state index in [1.807, 2.05) is 58.9 Å². The van der Waals surface area contributed by atoms with Gasteiger partial charge in [-0.1, -0.05) is 54.4 Å². The zero-order chi connectivity index (χ0) is 29.4. The summed E-state index contributed by atoms with van der Waals surface area (Å²) in [6.07, 6.45) is 0.363. The van der Waals surface area contributed by atoms with Crippen LogP contribution in [0.4, 0.5) is 5.69 Å². The lowest BCUT2D eigenvalue weighted by atomic mass is 10.1. The molecule has 8 nitrogen and oxygen atoms in total. The van der Waals surface area contributed by atoms with Crippen molar-refractivity contribution >= 4 is 27.5 Å². The molecule has 0 radical (unpaired) electrons. The van der Waals surface area contributed by atoms with Gasteiger partial charge in [0, 0.05) is 13.1 Å². The molecule has 214 valence electrons. The van der Waals surface area contributed by atoms with Crippen LogP contribution in [0.3, 0.4) is 0 Å². The number of nitrogens with zero attached hydrogens (tertiary/aromatic N) is 2. The minimum atomic E-state index is -4.11. The van der Waals surface area contributed by atoms with Crippen molar-refractivity contribution in [1.82, 2.24) is 10.2 Å². The SMILES string of the molecule is CCNC(=O)C(CC)N(Cc1ccc(OC)cc1)C(=O)CN(c1ccc(C)cc1C)S(=O)(=O)c1ccc(C)cc1. The third-order valence-corrected chi connectivity index (χ3v) is 8.53. The first-order chi connectivity index (χ1) is 19.0. The van der Waals surface area contributed by atoms with E-state index in [9.17, 15) is 18.0 Å². The number of hydrogen-bond donors (Lipinski definition) is 1. The van der Waals surface area contributed by atoms with Crippen LogP contribution in [0.2, 0.25) is 0 Å². The van der Waals surface area contributed by atoms with E-state index < -0.39 is 28.5 Å². The number of carbonyl (C=O) groups excluding carboxylic acids is 2. The van der Waals surface area contributed by atoms with E-state index in [1.54, 1.807) is 49.6 Å². The molecule has 0 heterocycles. The van der Waals surface area contributed by atoms with Gasteiger partial charge in [-0.3, -0.25) is 13.9 Å². The minimum absolute atomic E-state index is 0.0864. The summed E-state index contributed by atoms with van der Waals surface area (Å²) in [6, 6.07) is 18.4. The van der Waals surface area contributed by atoms with Crippen molar-refractivity contribution in [3.05, 3.63) is 89.0 Å². The minimum Gasteiger partial charge on any atom is -0.497 e. The fourth-order valence-corrected chi connectivity index (χ4v) is 6.05. The van der Waals surface area contributed by atoms with Gasteiger partial charge in [-0.05, 0) is 75.6 Å². The highest BCUT2D eigenvalue weighted by molar-refractivity contribution is 7.92. The van der Waals surface area contributed by atoms with Crippen molar-refractivity contribution in [3.8, 4) is 5.75 Å². The highest BCUT2D eigenvalue weighted by Crippen LogP contribution is 2.28. The second-order valence-electron chi connectivity index (χ2n) is 9.80. The average molecular weight is 566 g/mol. The molecule has 0 saturated carbocycles. The first kappa shape index (κ1) is 30.7. The molecule has 1 atom stereocenters. The Bertz CT molecular complexity index is 1420. The molecule has 0 aliphatic rings. The second-order valence-corrected chi connectivity index (χ2v) is 11.7. The second kappa shape index (κ2) is 13.5. The van der Waals surface area contributed by atoms with E-state index in [4.69, 9.17) is 4.74 Å². The third-order valence-electron chi connectivity index (χ3n) is 6.76. The topological polar surface area (TPSA) is 96.0 Å². The van der Waals surface area contributed by atoms with Crippen LogP contribution in [-0.4, -0.2) is 51.4 Å². The van der Waals surface area contributed by atoms with Crippen LogP contribution in [0, 0.1) is 20.8 Å². The number of likely N-dealkylation sites (N-methyl/N-ethyl adjacent to an activating group) is 1. The standard InChI is InChI=1S/C31H39N3O5S/c1-7-28(31(36)32-8-2)33(20-25-12-14-26(39-6)15-13-25)30(35)21-34(29-18-11-23(4)19-24(29)5)40(37,38)27-16-9-22(3)10-17-27/h9-19,28H,7-8,20-21H2,1-6H3,(H,32,36). The average Bonchev–Trinajstić information content (AvgIpc) is 2.92. The van der Waals surface area contributed by atoms with Gasteiger partial charge in [-0.25, -0.2) is 8.42 Å². The maximum Gasteiger partial charge on any atom is 0.264 e. The monoisotopic (exact) mass is 565 g/mol. The summed E-state index contributed by atoms with van der Waals surface area (Å²) in [5.74, 6) is -0.0986. The molecule has 0 bridgehead atoms. The number of nitrogens with one attached hydrogen (secondary N) is 1. The quantitative estimate of drug-likeness (QED) is 0.342. The van der Waals surface area contributed by atoms with Gasteiger partial charge in [0.2, 0.25) is 11.8 Å². The molecule has 1 unspecified atom stereocenters. The predicted octanol–water partition coefficient (Wildman–Crippen LogP) is 4.76. The van der Waals surface area contributed by atoms with Crippen LogP contribution in [0.5, 0.6) is 5.75 Å². The Labute approximate surface area is 238 Å². The predicted molar refractivity (Wildman–Crippen MR) is 158 cm³/mol. The molecule has 0 aliphatic heterocycles. The summed E-state index contributed by atoms with van der Waals surface area (Å²) >= 11 is 0. The normalized spacial score (nSPS) is 11.9. The Hall–Kier alpha value is -3.85. The molecule has 40 heavy (non-hydrogen) atoms. The van der Waals surface area contributed by atoms with Crippen LogP contribution < -0.4 is 14.4 Å². The van der Waals surface area contributed by atoms with Crippen molar-refractivity contribution in [3.63, 3.8) is 0 Å². The van der Waals surface area contributed by atoms with Crippen LogP contribution in [0.15, 0.2) is 71.6 Å². The number of methoxy groups -OCH3 is 1. The number of benzene rings is 3. The summed E-state index contributed by atoms with van der Waals surface area (Å²) < 4.78 is 34.4. The van der Waals surface area contributed by atoms with E-state index >= 15 is 0 Å². The zero-order valence-corrected chi connectivity index (χ0v) is 24.9. The van der Waals surface area contributed by atoms with E-state index in [0.717, 1.165) is 26.6 Å². The maximum absolute atomic E-state index is 14.1. The van der Waals surface area contributed by atoms with Gasteiger partial charge in [0.15, 0.2) is 0 Å². The Morgan fingerprint density at radius 2 is 1.52 bits per heavy atom. The van der Waals surface area contributed by atoms with Crippen LogP contribution in [-0.2, 0) is 26.2 Å². The molecule has 0 aliphatic carbocycles. The van der Waals surface area contributed by atoms with Gasteiger partial charge >= 0.3 is 0 Å². The molecular weight excluding hydrogens is 526 g/mol. The number of amides is 2. The molecule has 3 aromatic rings. The van der Waals surface area contributed by atoms with Crippen LogP contribution in [0.25, 0.3) is 0 Å². The van der Waals surface area contributed by atoms with Crippen molar-refractivity contribution in [2.45, 2.75) is 58.5 Å². The highest BCUT2D eigenvalue weighted by Gasteiger charge is 2.34. The van der Waals surface area contributed by atoms with Gasteiger partial charge in [0.1, 0.15) is 18.3 Å². The maximum atomic E-state index is 14.1. The summed E-state index contributed by atoms with van der Waals surface area (Å²) in [4.78, 5) is 28.7. The van der Waals surface area contributed by atoms with E-state index in [2.05, 4.69) is 5.32 Å². The fraction of sp³-hybridized carbons (Fsp3) is 0.355. The molecule has 1 N–H and O–H groups in total. The first-order valence-corrected chi connectivity index (χ1v) is 14.8. The Morgan fingerprint density at radius 3 is 2.08 bits per heavy atom. The highest BCUT2D eigenvalue weighted by atomic mass is 32.2. The molecule has 0 fully saturated rings. The third kappa shape index (κ3) is 7.21. The molecule has 3 aromatic carbocycles. The number of sulfonamides is 1. The zero-order valence-electron chi connectivity index (χ0n) is 24.1. The van der Waals surface area contributed by atoms with Crippen LogP contribution in [0.1, 0.15) is 42.5 Å². The summed E-state index contributed by atoms with van der Waals surface area (Å²) in [5.41, 5.74) is 3.82. The van der Waals surface area contributed by atoms with E-state index in [-0.39, 0.29) is 17.3 Å². The van der Waals surface area contributed by atoms with Crippen molar-refractivity contribution in [2.24, 2.45) is 0 Å². The Balaban J connectivity index is 2.08.